The molecule has 2 rings (SSSR count). The average Bonchev–Trinajstić information content (AvgIpc) is 2.32. The number of aromatic nitrogens is 2. The molecule has 0 radical (unpaired) electrons. The van der Waals surface area contributed by atoms with Gasteiger partial charge in [-0.05, 0) is 31.5 Å². The number of alkyl halides is 3. The van der Waals surface area contributed by atoms with Crippen LogP contribution in [0.4, 0.5) is 17.6 Å². The zero-order chi connectivity index (χ0) is 15.1. The average molecular weight is 286 g/mol. The van der Waals surface area contributed by atoms with Crippen molar-refractivity contribution in [2.24, 2.45) is 0 Å². The molecule has 0 aliphatic heterocycles. The van der Waals surface area contributed by atoms with Gasteiger partial charge in [-0.2, -0.15) is 23.0 Å². The van der Waals surface area contributed by atoms with Crippen LogP contribution in [0.25, 0.3) is 5.69 Å². The van der Waals surface area contributed by atoms with E-state index in [1.54, 1.807) is 13.0 Å². The van der Waals surface area contributed by atoms with E-state index in [-0.39, 0.29) is 5.69 Å². The molecule has 0 aliphatic rings. The highest BCUT2D eigenvalue weighted by Crippen LogP contribution is 2.29. The highest BCUT2D eigenvalue weighted by molar-refractivity contribution is 5.36. The number of aryl methyl sites for hydroxylation is 1. The van der Waals surface area contributed by atoms with Gasteiger partial charge in [-0.25, -0.2) is 4.39 Å². The second-order valence-electron chi connectivity index (χ2n) is 4.35. The lowest BCUT2D eigenvalue weighted by Gasteiger charge is -2.12. The van der Waals surface area contributed by atoms with E-state index in [2.05, 4.69) is 5.10 Å². The monoisotopic (exact) mass is 286 g/mol. The summed E-state index contributed by atoms with van der Waals surface area (Å²) < 4.78 is 52.3. The summed E-state index contributed by atoms with van der Waals surface area (Å²) in [6, 6.07) is 4.02. The molecule has 0 saturated carbocycles. The van der Waals surface area contributed by atoms with Crippen LogP contribution >= 0.6 is 0 Å². The van der Waals surface area contributed by atoms with Gasteiger partial charge in [-0.1, -0.05) is 6.07 Å². The van der Waals surface area contributed by atoms with Crippen LogP contribution in [0.5, 0.6) is 0 Å². The highest BCUT2D eigenvalue weighted by atomic mass is 19.4. The molecule has 2 aromatic rings. The first-order valence-electron chi connectivity index (χ1n) is 5.64. The number of rotatable bonds is 1. The molecule has 0 atom stereocenters. The van der Waals surface area contributed by atoms with Crippen molar-refractivity contribution in [3.05, 3.63) is 57.3 Å². The minimum absolute atomic E-state index is 0.183. The van der Waals surface area contributed by atoms with Crippen LogP contribution in [-0.2, 0) is 6.18 Å². The predicted molar refractivity (Wildman–Crippen MR) is 64.3 cm³/mol. The molecular weight excluding hydrogens is 276 g/mol. The number of benzene rings is 1. The fourth-order valence-electron chi connectivity index (χ4n) is 1.78. The summed E-state index contributed by atoms with van der Waals surface area (Å²) in [6.45, 7) is 2.69. The first-order chi connectivity index (χ1) is 9.21. The number of halogens is 4. The third-order valence-corrected chi connectivity index (χ3v) is 2.86. The molecule has 0 amide bonds. The van der Waals surface area contributed by atoms with E-state index >= 15 is 0 Å². The molecule has 0 unspecified atom stereocenters. The molecule has 20 heavy (non-hydrogen) atoms. The molecule has 0 aliphatic carbocycles. The van der Waals surface area contributed by atoms with Crippen LogP contribution in [0, 0.1) is 19.7 Å². The Morgan fingerprint density at radius 1 is 1.20 bits per heavy atom. The Morgan fingerprint density at radius 2 is 1.85 bits per heavy atom. The van der Waals surface area contributed by atoms with Crippen molar-refractivity contribution < 1.29 is 17.6 Å². The van der Waals surface area contributed by atoms with Gasteiger partial charge in [0.1, 0.15) is 11.5 Å². The Kier molecular flexibility index (Phi) is 3.37. The second kappa shape index (κ2) is 4.73. The zero-order valence-electron chi connectivity index (χ0n) is 10.6. The number of hydrogen-bond donors (Lipinski definition) is 0. The van der Waals surface area contributed by atoms with Crippen molar-refractivity contribution in [3.8, 4) is 5.69 Å². The van der Waals surface area contributed by atoms with Gasteiger partial charge in [0.25, 0.3) is 5.56 Å². The summed E-state index contributed by atoms with van der Waals surface area (Å²) >= 11 is 0. The molecule has 1 heterocycles. The van der Waals surface area contributed by atoms with Crippen LogP contribution < -0.4 is 5.56 Å². The molecule has 7 heteroatoms. The van der Waals surface area contributed by atoms with E-state index in [1.165, 1.54) is 12.1 Å². The molecule has 0 spiro atoms. The summed E-state index contributed by atoms with van der Waals surface area (Å²) in [5.74, 6) is -0.723. The van der Waals surface area contributed by atoms with E-state index in [0.29, 0.717) is 16.4 Å². The van der Waals surface area contributed by atoms with Gasteiger partial charge in [-0.3, -0.25) is 4.79 Å². The maximum absolute atomic E-state index is 13.8. The summed E-state index contributed by atoms with van der Waals surface area (Å²) in [6.07, 6.45) is -4.14. The van der Waals surface area contributed by atoms with Crippen molar-refractivity contribution in [2.45, 2.75) is 20.0 Å². The van der Waals surface area contributed by atoms with Crippen LogP contribution in [-0.4, -0.2) is 9.78 Å². The third-order valence-electron chi connectivity index (χ3n) is 2.86. The molecule has 3 nitrogen and oxygen atoms in total. The summed E-state index contributed by atoms with van der Waals surface area (Å²) in [5.41, 5.74) is -2.19. The third kappa shape index (κ3) is 2.43. The first-order valence-corrected chi connectivity index (χ1v) is 5.64. The summed E-state index contributed by atoms with van der Waals surface area (Å²) in [7, 11) is 0. The fraction of sp³-hybridized carbons (Fsp3) is 0.231. The minimum atomic E-state index is -4.67. The van der Waals surface area contributed by atoms with Crippen LogP contribution in [0.3, 0.4) is 0 Å². The molecule has 0 fully saturated rings. The smallest absolute Gasteiger partial charge is 0.267 e. The first kappa shape index (κ1) is 14.2. The Hall–Kier alpha value is -2.18. The number of nitrogens with zero attached hydrogens (tertiary/aromatic N) is 2. The quantitative estimate of drug-likeness (QED) is 0.755. The Morgan fingerprint density at radius 3 is 2.40 bits per heavy atom. The van der Waals surface area contributed by atoms with Gasteiger partial charge in [-0.15, -0.1) is 0 Å². The normalized spacial score (nSPS) is 11.7. The maximum atomic E-state index is 13.8. The predicted octanol–water partition coefficient (Wildman–Crippen LogP) is 3.01. The maximum Gasteiger partial charge on any atom is 0.418 e. The highest BCUT2D eigenvalue weighted by Gasteiger charge is 2.34. The number of hydrogen-bond acceptors (Lipinski definition) is 2. The van der Waals surface area contributed by atoms with Gasteiger partial charge >= 0.3 is 6.18 Å². The van der Waals surface area contributed by atoms with Crippen molar-refractivity contribution in [1.29, 1.82) is 0 Å². The molecule has 0 bridgehead atoms. The molecular formula is C13H10F4N2O. The Bertz CT molecular complexity index is 719. The van der Waals surface area contributed by atoms with E-state index in [9.17, 15) is 22.4 Å². The standard InChI is InChI=1S/C13H10F4N2O/c1-7-3-4-11(10(14)5-7)19-12(20)8(2)9(6-18-19)13(15,16)17/h3-6H,1-2H3. The van der Waals surface area contributed by atoms with Crippen LogP contribution in [0.1, 0.15) is 16.7 Å². The summed E-state index contributed by atoms with van der Waals surface area (Å²) in [5, 5.41) is 3.41. The topological polar surface area (TPSA) is 34.9 Å². The Labute approximate surface area is 111 Å². The lowest BCUT2D eigenvalue weighted by molar-refractivity contribution is -0.138. The molecule has 0 saturated heterocycles. The van der Waals surface area contributed by atoms with Gasteiger partial charge in [0, 0.05) is 5.56 Å². The van der Waals surface area contributed by atoms with Gasteiger partial charge < -0.3 is 0 Å². The van der Waals surface area contributed by atoms with Crippen molar-refractivity contribution in [1.82, 2.24) is 9.78 Å². The van der Waals surface area contributed by atoms with E-state index in [4.69, 9.17) is 0 Å². The second-order valence-corrected chi connectivity index (χ2v) is 4.35. The van der Waals surface area contributed by atoms with Crippen molar-refractivity contribution in [3.63, 3.8) is 0 Å². The molecule has 106 valence electrons. The zero-order valence-corrected chi connectivity index (χ0v) is 10.6. The van der Waals surface area contributed by atoms with Crippen LogP contribution in [0.15, 0.2) is 29.2 Å². The van der Waals surface area contributed by atoms with Crippen molar-refractivity contribution in [2.75, 3.05) is 0 Å². The SMILES string of the molecule is Cc1ccc(-n2ncc(C(F)(F)F)c(C)c2=O)c(F)c1. The molecule has 1 aromatic heterocycles. The van der Waals surface area contributed by atoms with Gasteiger partial charge in [0.2, 0.25) is 0 Å². The lowest BCUT2D eigenvalue weighted by atomic mass is 10.1. The van der Waals surface area contributed by atoms with Crippen molar-refractivity contribution >= 4 is 0 Å². The van der Waals surface area contributed by atoms with E-state index in [0.717, 1.165) is 6.92 Å². The minimum Gasteiger partial charge on any atom is -0.267 e. The fourth-order valence-corrected chi connectivity index (χ4v) is 1.78. The van der Waals surface area contributed by atoms with Gasteiger partial charge in [0.05, 0.1) is 11.8 Å². The Balaban J connectivity index is 2.66. The molecule has 1 aromatic carbocycles. The van der Waals surface area contributed by atoms with Crippen LogP contribution in [0.2, 0.25) is 0 Å². The van der Waals surface area contributed by atoms with E-state index < -0.39 is 28.7 Å². The largest absolute Gasteiger partial charge is 0.418 e. The summed E-state index contributed by atoms with van der Waals surface area (Å²) in [4.78, 5) is 11.9. The lowest BCUT2D eigenvalue weighted by Crippen LogP contribution is -2.27. The van der Waals surface area contributed by atoms with Gasteiger partial charge in [0.15, 0.2) is 0 Å². The van der Waals surface area contributed by atoms with E-state index in [1.807, 2.05) is 0 Å². The molecule has 0 N–H and O–H groups in total.